The number of carbonyl (C=O) groups excluding carboxylic acids is 1. The summed E-state index contributed by atoms with van der Waals surface area (Å²) in [7, 11) is 1.45. The number of Topliss-reactive ketones (excluding diaryl/α,β-unsaturated/α-hetero) is 1. The molecule has 1 N–H and O–H groups in total. The van der Waals surface area contributed by atoms with Gasteiger partial charge in [-0.3, -0.25) is 4.79 Å². The van der Waals surface area contributed by atoms with Gasteiger partial charge in [0.1, 0.15) is 12.4 Å². The van der Waals surface area contributed by atoms with Crippen LogP contribution in [-0.4, -0.2) is 30.9 Å². The minimum atomic E-state index is -0.591. The lowest BCUT2D eigenvalue weighted by Gasteiger charge is -2.22. The lowest BCUT2D eigenvalue weighted by atomic mass is 10.0. The minimum absolute atomic E-state index is 0.169. The lowest BCUT2D eigenvalue weighted by Crippen LogP contribution is -2.34. The molecule has 15 heavy (non-hydrogen) atoms. The van der Waals surface area contributed by atoms with Crippen LogP contribution in [0, 0.1) is 0 Å². The van der Waals surface area contributed by atoms with Crippen molar-refractivity contribution in [2.45, 2.75) is 6.10 Å². The van der Waals surface area contributed by atoms with E-state index < -0.39 is 6.10 Å². The molecule has 1 atom stereocenters. The van der Waals surface area contributed by atoms with Gasteiger partial charge in [-0.1, -0.05) is 0 Å². The molecule has 1 aromatic carbocycles. The summed E-state index contributed by atoms with van der Waals surface area (Å²) < 4.78 is 10.3. The number of carbonyl (C=O) groups is 1. The Hall–Kier alpha value is -1.59. The molecule has 2 rings (SSSR count). The van der Waals surface area contributed by atoms with Crippen LogP contribution in [0.25, 0.3) is 0 Å². The molecule has 1 aliphatic heterocycles. The zero-order valence-electron chi connectivity index (χ0n) is 8.10. The molecule has 5 heteroatoms. The van der Waals surface area contributed by atoms with Gasteiger partial charge in [-0.2, -0.15) is 0 Å². The predicted octanol–water partition coefficient (Wildman–Crippen LogP) is 1.13. The normalized spacial score (nSPS) is 19.3. The molecule has 0 bridgehead atoms. The van der Waals surface area contributed by atoms with Crippen molar-refractivity contribution in [2.75, 3.05) is 13.7 Å². The Labute approximate surface area is 86.1 Å². The Morgan fingerprint density at radius 3 is 3.00 bits per heavy atom. The molecule has 0 saturated carbocycles. The molecule has 1 aliphatic rings. The first-order chi connectivity index (χ1) is 7.26. The van der Waals surface area contributed by atoms with Gasteiger partial charge in [0.05, 0.1) is 5.56 Å². The van der Waals surface area contributed by atoms with Crippen molar-refractivity contribution in [3.8, 4) is 11.5 Å². The Morgan fingerprint density at radius 1 is 1.53 bits per heavy atom. The van der Waals surface area contributed by atoms with Gasteiger partial charge in [0.2, 0.25) is 0 Å². The molecule has 0 spiro atoms. The van der Waals surface area contributed by atoms with Crippen LogP contribution in [0.5, 0.6) is 11.5 Å². The van der Waals surface area contributed by atoms with E-state index in [0.717, 1.165) is 0 Å². The van der Waals surface area contributed by atoms with E-state index in [1.807, 2.05) is 0 Å². The van der Waals surface area contributed by atoms with Crippen molar-refractivity contribution >= 4 is 5.78 Å². The quantitative estimate of drug-likeness (QED) is 0.585. The molecule has 1 heterocycles. The molecule has 80 valence electrons. The largest absolute Gasteiger partial charge is 0.490 e. The second kappa shape index (κ2) is 3.88. The zero-order valence-corrected chi connectivity index (χ0v) is 8.10. The van der Waals surface area contributed by atoms with Gasteiger partial charge in [-0.05, 0) is 18.2 Å². The van der Waals surface area contributed by atoms with Crippen molar-refractivity contribution in [1.29, 1.82) is 0 Å². The number of methoxy groups -OCH3 is 1. The van der Waals surface area contributed by atoms with E-state index in [1.165, 1.54) is 19.2 Å². The molecule has 0 fully saturated rings. The van der Waals surface area contributed by atoms with Gasteiger partial charge in [0, 0.05) is 7.11 Å². The third kappa shape index (κ3) is 1.67. The maximum absolute atomic E-state index is 11.8. The molecular formula is C10H10O5. The molecule has 5 nitrogen and oxygen atoms in total. The van der Waals surface area contributed by atoms with Crippen LogP contribution in [-0.2, 0) is 4.74 Å². The fourth-order valence-corrected chi connectivity index (χ4v) is 1.47. The summed E-state index contributed by atoms with van der Waals surface area (Å²) in [5.41, 5.74) is 0.361. The molecule has 0 saturated heterocycles. The fraction of sp³-hybridized carbons (Fsp3) is 0.300. The number of hydrogen-bond donors (Lipinski definition) is 1. The molecule has 0 aliphatic carbocycles. The number of ether oxygens (including phenoxy) is 2. The fourth-order valence-electron chi connectivity index (χ4n) is 1.47. The minimum Gasteiger partial charge on any atom is -0.490 e. The van der Waals surface area contributed by atoms with Crippen LogP contribution in [0.3, 0.4) is 0 Å². The van der Waals surface area contributed by atoms with Crippen LogP contribution < -0.4 is 9.62 Å². The van der Waals surface area contributed by atoms with E-state index in [0.29, 0.717) is 11.3 Å². The summed E-state index contributed by atoms with van der Waals surface area (Å²) in [4.78, 5) is 15.8. The molecule has 1 aromatic rings. The van der Waals surface area contributed by atoms with Crippen molar-refractivity contribution < 1.29 is 24.4 Å². The van der Waals surface area contributed by atoms with E-state index >= 15 is 0 Å². The second-order valence-electron chi connectivity index (χ2n) is 3.15. The molecule has 0 radical (unpaired) electrons. The van der Waals surface area contributed by atoms with Crippen molar-refractivity contribution in [2.24, 2.45) is 0 Å². The zero-order chi connectivity index (χ0) is 10.8. The summed E-state index contributed by atoms with van der Waals surface area (Å²) in [6.45, 7) is 0.210. The maximum Gasteiger partial charge on any atom is 0.198 e. The van der Waals surface area contributed by atoms with Gasteiger partial charge in [0.25, 0.3) is 0 Å². The first kappa shape index (κ1) is 9.95. The third-order valence-corrected chi connectivity index (χ3v) is 2.29. The highest BCUT2D eigenvalue weighted by molar-refractivity contribution is 6.03. The topological polar surface area (TPSA) is 65.0 Å². The Bertz CT molecular complexity index is 387. The van der Waals surface area contributed by atoms with Crippen LogP contribution in [0.2, 0.25) is 0 Å². The first-order valence-electron chi connectivity index (χ1n) is 4.41. The number of rotatable bonds is 2. The number of fused-ring (bicyclic) bond motifs is 1. The highest BCUT2D eigenvalue weighted by Gasteiger charge is 2.29. The van der Waals surface area contributed by atoms with E-state index in [4.69, 9.17) is 14.7 Å². The van der Waals surface area contributed by atoms with E-state index in [2.05, 4.69) is 4.89 Å². The number of benzene rings is 1. The van der Waals surface area contributed by atoms with Crippen molar-refractivity contribution in [1.82, 2.24) is 0 Å². The van der Waals surface area contributed by atoms with E-state index in [9.17, 15) is 4.79 Å². The average molecular weight is 210 g/mol. The Kier molecular flexibility index (Phi) is 2.57. The molecule has 0 aromatic heterocycles. The molecular weight excluding hydrogens is 200 g/mol. The molecule has 0 amide bonds. The summed E-state index contributed by atoms with van der Waals surface area (Å²) >= 11 is 0. The van der Waals surface area contributed by atoms with E-state index in [1.54, 1.807) is 6.07 Å². The van der Waals surface area contributed by atoms with Crippen LogP contribution in [0.1, 0.15) is 10.4 Å². The Morgan fingerprint density at radius 2 is 2.33 bits per heavy atom. The SMILES string of the molecule is COC1COc2ccc(OO)cc2C1=O. The second-order valence-corrected chi connectivity index (χ2v) is 3.15. The van der Waals surface area contributed by atoms with Crippen LogP contribution in [0.4, 0.5) is 0 Å². The van der Waals surface area contributed by atoms with Gasteiger partial charge in [-0.15, -0.1) is 0 Å². The summed E-state index contributed by atoms with van der Waals surface area (Å²) in [6, 6.07) is 4.51. The average Bonchev–Trinajstić information content (AvgIpc) is 2.29. The molecule has 1 unspecified atom stereocenters. The smallest absolute Gasteiger partial charge is 0.198 e. The Balaban J connectivity index is 2.40. The maximum atomic E-state index is 11.8. The summed E-state index contributed by atoms with van der Waals surface area (Å²) in [6.07, 6.45) is -0.591. The first-order valence-corrected chi connectivity index (χ1v) is 4.41. The van der Waals surface area contributed by atoms with Crippen molar-refractivity contribution in [3.05, 3.63) is 23.8 Å². The van der Waals surface area contributed by atoms with Gasteiger partial charge >= 0.3 is 0 Å². The third-order valence-electron chi connectivity index (χ3n) is 2.29. The number of ketones is 1. The van der Waals surface area contributed by atoms with Gasteiger partial charge in [0.15, 0.2) is 17.6 Å². The van der Waals surface area contributed by atoms with Crippen molar-refractivity contribution in [3.63, 3.8) is 0 Å². The van der Waals surface area contributed by atoms with Gasteiger partial charge in [-0.25, -0.2) is 5.26 Å². The van der Waals surface area contributed by atoms with Gasteiger partial charge < -0.3 is 14.4 Å². The monoisotopic (exact) mass is 210 g/mol. The van der Waals surface area contributed by atoms with E-state index in [-0.39, 0.29) is 18.1 Å². The highest BCUT2D eigenvalue weighted by Crippen LogP contribution is 2.29. The van der Waals surface area contributed by atoms with Crippen LogP contribution in [0.15, 0.2) is 18.2 Å². The van der Waals surface area contributed by atoms with Crippen LogP contribution >= 0.6 is 0 Å². The predicted molar refractivity (Wildman–Crippen MR) is 50.3 cm³/mol. The lowest BCUT2D eigenvalue weighted by molar-refractivity contribution is -0.137. The number of hydrogen-bond acceptors (Lipinski definition) is 5. The summed E-state index contributed by atoms with van der Waals surface area (Å²) in [5.74, 6) is 0.509. The standard InChI is InChI=1S/C10H10O5/c1-13-9-5-14-8-3-2-6(15-12)4-7(8)10(9)11/h2-4,9,12H,5H2,1H3. The summed E-state index contributed by atoms with van der Waals surface area (Å²) in [5, 5.41) is 8.47. The highest BCUT2D eigenvalue weighted by atomic mass is 17.1.